The maximum Gasteiger partial charge on any atom is 0.0315 e. The van der Waals surface area contributed by atoms with Crippen molar-refractivity contribution >= 4 is 0 Å². The van der Waals surface area contributed by atoms with Crippen LogP contribution in [0, 0.1) is 0 Å². The minimum atomic E-state index is 0.907. The Morgan fingerprint density at radius 3 is 2.86 bits per heavy atom. The molecule has 0 amide bonds. The highest BCUT2D eigenvalue weighted by atomic mass is 15.7. The SMILES string of the molecule is CN1C=CCNN1. The zero-order valence-corrected chi connectivity index (χ0v) is 4.31. The van der Waals surface area contributed by atoms with Gasteiger partial charge in [0.2, 0.25) is 0 Å². The smallest absolute Gasteiger partial charge is 0.0315 e. The van der Waals surface area contributed by atoms with Crippen LogP contribution in [0.5, 0.6) is 0 Å². The Morgan fingerprint density at radius 2 is 2.57 bits per heavy atom. The van der Waals surface area contributed by atoms with Crippen LogP contribution < -0.4 is 11.0 Å². The first kappa shape index (κ1) is 4.61. The minimum Gasteiger partial charge on any atom is -0.306 e. The third kappa shape index (κ3) is 1.17. The lowest BCUT2D eigenvalue weighted by molar-refractivity contribution is 0.260. The molecule has 0 aromatic carbocycles. The Morgan fingerprint density at radius 1 is 1.71 bits per heavy atom. The molecule has 0 saturated heterocycles. The Kier molecular flexibility index (Phi) is 1.29. The van der Waals surface area contributed by atoms with Crippen LogP contribution in [-0.4, -0.2) is 18.6 Å². The third-order valence-electron chi connectivity index (χ3n) is 0.804. The van der Waals surface area contributed by atoms with E-state index in [9.17, 15) is 0 Å². The van der Waals surface area contributed by atoms with E-state index in [4.69, 9.17) is 0 Å². The van der Waals surface area contributed by atoms with Crippen molar-refractivity contribution in [2.75, 3.05) is 13.6 Å². The summed E-state index contributed by atoms with van der Waals surface area (Å²) in [5.74, 6) is 0. The molecule has 1 aliphatic rings. The molecule has 0 aromatic heterocycles. The predicted molar refractivity (Wildman–Crippen MR) is 28.0 cm³/mol. The summed E-state index contributed by atoms with van der Waals surface area (Å²) < 4.78 is 0. The Labute approximate surface area is 42.9 Å². The molecule has 0 fully saturated rings. The molecule has 1 heterocycles. The molecule has 3 heteroatoms. The van der Waals surface area contributed by atoms with E-state index in [0.29, 0.717) is 0 Å². The van der Waals surface area contributed by atoms with Gasteiger partial charge in [0.05, 0.1) is 0 Å². The van der Waals surface area contributed by atoms with E-state index in [1.807, 2.05) is 24.3 Å². The summed E-state index contributed by atoms with van der Waals surface area (Å²) in [5, 5.41) is 1.85. The van der Waals surface area contributed by atoms with E-state index in [2.05, 4.69) is 11.0 Å². The van der Waals surface area contributed by atoms with E-state index in [1.54, 1.807) is 0 Å². The number of hydrazine groups is 2. The van der Waals surface area contributed by atoms with E-state index in [-0.39, 0.29) is 0 Å². The molecule has 0 atom stereocenters. The Bertz CT molecular complexity index is 79.0. The molecule has 0 unspecified atom stereocenters. The highest BCUT2D eigenvalue weighted by Gasteiger charge is 1.89. The number of nitrogens with one attached hydrogen (secondary N) is 2. The minimum absolute atomic E-state index is 0.907. The largest absolute Gasteiger partial charge is 0.306 e. The Balaban J connectivity index is 2.36. The van der Waals surface area contributed by atoms with Crippen molar-refractivity contribution in [1.82, 2.24) is 16.0 Å². The van der Waals surface area contributed by atoms with Gasteiger partial charge < -0.3 is 5.01 Å². The van der Waals surface area contributed by atoms with Crippen LogP contribution in [0.3, 0.4) is 0 Å². The van der Waals surface area contributed by atoms with Gasteiger partial charge in [0, 0.05) is 19.8 Å². The standard InChI is InChI=1S/C4H9N3/c1-7-4-2-3-5-6-7/h2,4-6H,3H2,1H3. The van der Waals surface area contributed by atoms with Gasteiger partial charge in [-0.15, -0.1) is 0 Å². The van der Waals surface area contributed by atoms with Crippen molar-refractivity contribution in [2.24, 2.45) is 0 Å². The molecule has 7 heavy (non-hydrogen) atoms. The molecule has 0 spiro atoms. The Hall–Kier alpha value is -0.540. The average Bonchev–Trinajstić information content (AvgIpc) is 1.69. The fourth-order valence-electron chi connectivity index (χ4n) is 0.477. The average molecular weight is 99.1 g/mol. The molecule has 1 rings (SSSR count). The molecule has 2 N–H and O–H groups in total. The van der Waals surface area contributed by atoms with Gasteiger partial charge in [-0.2, -0.15) is 5.53 Å². The van der Waals surface area contributed by atoms with Gasteiger partial charge >= 0.3 is 0 Å². The van der Waals surface area contributed by atoms with E-state index >= 15 is 0 Å². The molecule has 0 bridgehead atoms. The second-order valence-corrected chi connectivity index (χ2v) is 1.49. The van der Waals surface area contributed by atoms with Gasteiger partial charge in [0.25, 0.3) is 0 Å². The second-order valence-electron chi connectivity index (χ2n) is 1.49. The number of hydrogen-bond donors (Lipinski definition) is 2. The maximum absolute atomic E-state index is 2.92. The van der Waals surface area contributed by atoms with E-state index in [0.717, 1.165) is 6.54 Å². The molecule has 0 aromatic rings. The third-order valence-corrected chi connectivity index (χ3v) is 0.804. The fraction of sp³-hybridized carbons (Fsp3) is 0.500. The lowest BCUT2D eigenvalue weighted by atomic mass is 10.6. The molecule has 0 radical (unpaired) electrons. The summed E-state index contributed by atoms with van der Waals surface area (Å²) in [5.41, 5.74) is 5.80. The van der Waals surface area contributed by atoms with Crippen LogP contribution in [0.15, 0.2) is 12.3 Å². The van der Waals surface area contributed by atoms with Crippen molar-refractivity contribution in [3.05, 3.63) is 12.3 Å². The summed E-state index contributed by atoms with van der Waals surface area (Å²) in [7, 11) is 1.93. The van der Waals surface area contributed by atoms with Gasteiger partial charge in [-0.1, -0.05) is 6.08 Å². The zero-order valence-electron chi connectivity index (χ0n) is 4.31. The monoisotopic (exact) mass is 99.1 g/mol. The number of rotatable bonds is 0. The second kappa shape index (κ2) is 1.95. The molecule has 40 valence electrons. The normalized spacial score (nSPS) is 20.4. The van der Waals surface area contributed by atoms with Crippen molar-refractivity contribution in [2.45, 2.75) is 0 Å². The lowest BCUT2D eigenvalue weighted by Gasteiger charge is -2.19. The highest BCUT2D eigenvalue weighted by molar-refractivity contribution is 4.83. The topological polar surface area (TPSA) is 27.3 Å². The first-order chi connectivity index (χ1) is 3.39. The van der Waals surface area contributed by atoms with Gasteiger partial charge in [-0.3, -0.25) is 0 Å². The molecular formula is C4H9N3. The quantitative estimate of drug-likeness (QED) is 0.427. The van der Waals surface area contributed by atoms with Gasteiger partial charge in [-0.05, 0) is 0 Å². The van der Waals surface area contributed by atoms with Crippen LogP contribution in [0.1, 0.15) is 0 Å². The summed E-state index contributed by atoms with van der Waals surface area (Å²) in [6.45, 7) is 0.907. The summed E-state index contributed by atoms with van der Waals surface area (Å²) >= 11 is 0. The van der Waals surface area contributed by atoms with Gasteiger partial charge in [0.1, 0.15) is 0 Å². The molecule has 0 aliphatic carbocycles. The van der Waals surface area contributed by atoms with Gasteiger partial charge in [0.15, 0.2) is 0 Å². The number of nitrogens with zero attached hydrogens (tertiary/aromatic N) is 1. The first-order valence-electron chi connectivity index (χ1n) is 2.27. The van der Waals surface area contributed by atoms with Crippen LogP contribution in [0.25, 0.3) is 0 Å². The highest BCUT2D eigenvalue weighted by Crippen LogP contribution is 1.79. The molecule has 3 nitrogen and oxygen atoms in total. The van der Waals surface area contributed by atoms with Crippen molar-refractivity contribution < 1.29 is 0 Å². The van der Waals surface area contributed by atoms with Crippen molar-refractivity contribution in [1.29, 1.82) is 0 Å². The van der Waals surface area contributed by atoms with Crippen molar-refractivity contribution in [3.8, 4) is 0 Å². The summed E-state index contributed by atoms with van der Waals surface area (Å²) in [6, 6.07) is 0. The van der Waals surface area contributed by atoms with Gasteiger partial charge in [-0.25, -0.2) is 5.43 Å². The van der Waals surface area contributed by atoms with Crippen LogP contribution >= 0.6 is 0 Å². The zero-order chi connectivity index (χ0) is 5.11. The lowest BCUT2D eigenvalue weighted by Crippen LogP contribution is -2.44. The van der Waals surface area contributed by atoms with Crippen LogP contribution in [-0.2, 0) is 0 Å². The summed E-state index contributed by atoms with van der Waals surface area (Å²) in [6.07, 6.45) is 4.01. The fourth-order valence-corrected chi connectivity index (χ4v) is 0.477. The van der Waals surface area contributed by atoms with E-state index < -0.39 is 0 Å². The predicted octanol–water partition coefficient (Wildman–Crippen LogP) is -0.545. The molecule has 1 aliphatic heterocycles. The number of hydrogen-bond acceptors (Lipinski definition) is 3. The van der Waals surface area contributed by atoms with Crippen LogP contribution in [0.4, 0.5) is 0 Å². The first-order valence-corrected chi connectivity index (χ1v) is 2.27. The van der Waals surface area contributed by atoms with Crippen molar-refractivity contribution in [3.63, 3.8) is 0 Å². The van der Waals surface area contributed by atoms with E-state index in [1.165, 1.54) is 0 Å². The maximum atomic E-state index is 2.92. The molecular weight excluding hydrogens is 90.1 g/mol. The molecule has 0 saturated carbocycles. The van der Waals surface area contributed by atoms with Crippen LogP contribution in [0.2, 0.25) is 0 Å². The summed E-state index contributed by atoms with van der Waals surface area (Å²) in [4.78, 5) is 0.